The highest BCUT2D eigenvalue weighted by atomic mass is 16.1. The Morgan fingerprint density at radius 3 is 2.61 bits per heavy atom. The molecule has 1 saturated carbocycles. The van der Waals surface area contributed by atoms with Gasteiger partial charge in [-0.25, -0.2) is 0 Å². The zero-order valence-electron chi connectivity index (χ0n) is 11.0. The molecule has 0 unspecified atom stereocenters. The largest absolute Gasteiger partial charge is 0.327 e. The standard InChI is InChI=1S/C15H22N2O/c1-2-11-6-8-13(9-7-11)17-15(18)10-12-4-3-5-14(12)16/h6-9,12,14H,2-5,10,16H2,1H3,(H,17,18)/t12-,14+/m0/s1. The van der Waals surface area contributed by atoms with Gasteiger partial charge in [0.05, 0.1) is 0 Å². The summed E-state index contributed by atoms with van der Waals surface area (Å²) in [6.07, 6.45) is 4.87. The Morgan fingerprint density at radius 1 is 1.33 bits per heavy atom. The van der Waals surface area contributed by atoms with Crippen LogP contribution < -0.4 is 11.1 Å². The fraction of sp³-hybridized carbons (Fsp3) is 0.533. The Morgan fingerprint density at radius 2 is 2.06 bits per heavy atom. The number of carbonyl (C=O) groups is 1. The first-order chi connectivity index (χ1) is 8.69. The van der Waals surface area contributed by atoms with Crippen molar-refractivity contribution in [3.8, 4) is 0 Å². The van der Waals surface area contributed by atoms with E-state index in [4.69, 9.17) is 5.73 Å². The van der Waals surface area contributed by atoms with E-state index in [-0.39, 0.29) is 11.9 Å². The summed E-state index contributed by atoms with van der Waals surface area (Å²) in [6, 6.07) is 8.24. The van der Waals surface area contributed by atoms with E-state index in [9.17, 15) is 4.79 Å². The quantitative estimate of drug-likeness (QED) is 0.858. The molecule has 3 nitrogen and oxygen atoms in total. The number of nitrogens with one attached hydrogen (secondary N) is 1. The topological polar surface area (TPSA) is 55.1 Å². The maximum absolute atomic E-state index is 11.9. The number of aryl methyl sites for hydroxylation is 1. The molecule has 2 rings (SSSR count). The molecule has 2 atom stereocenters. The Balaban J connectivity index is 1.86. The van der Waals surface area contributed by atoms with E-state index in [0.717, 1.165) is 31.4 Å². The average molecular weight is 246 g/mol. The molecule has 0 saturated heterocycles. The number of anilines is 1. The summed E-state index contributed by atoms with van der Waals surface area (Å²) in [5, 5.41) is 2.95. The van der Waals surface area contributed by atoms with E-state index >= 15 is 0 Å². The molecular formula is C15H22N2O. The molecule has 0 aromatic heterocycles. The number of rotatable bonds is 4. The van der Waals surface area contributed by atoms with E-state index in [0.29, 0.717) is 12.3 Å². The molecule has 0 aliphatic heterocycles. The third-order valence-corrected chi connectivity index (χ3v) is 3.81. The lowest BCUT2D eigenvalue weighted by Gasteiger charge is -2.14. The van der Waals surface area contributed by atoms with Gasteiger partial charge in [-0.2, -0.15) is 0 Å². The van der Waals surface area contributed by atoms with Crippen molar-refractivity contribution in [1.82, 2.24) is 0 Å². The molecule has 0 heterocycles. The Bertz CT molecular complexity index is 399. The van der Waals surface area contributed by atoms with Gasteiger partial charge in [0, 0.05) is 18.2 Å². The summed E-state index contributed by atoms with van der Waals surface area (Å²) in [5.41, 5.74) is 8.14. The predicted octanol–water partition coefficient (Wildman–Crippen LogP) is 2.71. The molecule has 1 aromatic rings. The fourth-order valence-electron chi connectivity index (χ4n) is 2.59. The van der Waals surface area contributed by atoms with Gasteiger partial charge >= 0.3 is 0 Å². The summed E-state index contributed by atoms with van der Waals surface area (Å²) < 4.78 is 0. The zero-order chi connectivity index (χ0) is 13.0. The third kappa shape index (κ3) is 3.33. The Hall–Kier alpha value is -1.35. The predicted molar refractivity (Wildman–Crippen MR) is 74.4 cm³/mol. The molecular weight excluding hydrogens is 224 g/mol. The Kier molecular flexibility index (Phi) is 4.37. The van der Waals surface area contributed by atoms with Crippen LogP contribution in [0.1, 0.15) is 38.2 Å². The minimum atomic E-state index is 0.0848. The van der Waals surface area contributed by atoms with Gasteiger partial charge in [0.2, 0.25) is 5.91 Å². The Labute approximate surface area is 109 Å². The summed E-state index contributed by atoms with van der Waals surface area (Å²) in [6.45, 7) is 2.12. The first kappa shape index (κ1) is 13.1. The van der Waals surface area contributed by atoms with Gasteiger partial charge < -0.3 is 11.1 Å². The second-order valence-electron chi connectivity index (χ2n) is 5.16. The average Bonchev–Trinajstić information content (AvgIpc) is 2.76. The van der Waals surface area contributed by atoms with E-state index < -0.39 is 0 Å². The summed E-state index contributed by atoms with van der Waals surface area (Å²) in [4.78, 5) is 11.9. The van der Waals surface area contributed by atoms with Crippen molar-refractivity contribution < 1.29 is 4.79 Å². The van der Waals surface area contributed by atoms with E-state index in [1.54, 1.807) is 0 Å². The fourth-order valence-corrected chi connectivity index (χ4v) is 2.59. The van der Waals surface area contributed by atoms with Crippen LogP contribution in [0.25, 0.3) is 0 Å². The molecule has 1 fully saturated rings. The highest BCUT2D eigenvalue weighted by Crippen LogP contribution is 2.27. The normalized spacial score (nSPS) is 23.0. The summed E-state index contributed by atoms with van der Waals surface area (Å²) >= 11 is 0. The molecule has 18 heavy (non-hydrogen) atoms. The zero-order valence-corrected chi connectivity index (χ0v) is 11.0. The first-order valence-electron chi connectivity index (χ1n) is 6.83. The second-order valence-corrected chi connectivity index (χ2v) is 5.16. The van der Waals surface area contributed by atoms with Gasteiger partial charge in [0.15, 0.2) is 0 Å². The second kappa shape index (κ2) is 6.01. The molecule has 0 spiro atoms. The van der Waals surface area contributed by atoms with Gasteiger partial charge in [-0.3, -0.25) is 4.79 Å². The van der Waals surface area contributed by atoms with E-state index in [1.165, 1.54) is 5.56 Å². The van der Waals surface area contributed by atoms with Crippen LogP contribution in [0.4, 0.5) is 5.69 Å². The monoisotopic (exact) mass is 246 g/mol. The van der Waals surface area contributed by atoms with Crippen LogP contribution in [0.15, 0.2) is 24.3 Å². The maximum atomic E-state index is 11.9. The van der Waals surface area contributed by atoms with Crippen LogP contribution in [0.5, 0.6) is 0 Å². The minimum Gasteiger partial charge on any atom is -0.327 e. The van der Waals surface area contributed by atoms with Crippen LogP contribution in [-0.4, -0.2) is 11.9 Å². The van der Waals surface area contributed by atoms with Crippen LogP contribution >= 0.6 is 0 Å². The van der Waals surface area contributed by atoms with Crippen molar-refractivity contribution in [2.45, 2.75) is 45.1 Å². The SMILES string of the molecule is CCc1ccc(NC(=O)C[C@@H]2CCC[C@H]2N)cc1. The third-order valence-electron chi connectivity index (χ3n) is 3.81. The number of hydrogen-bond acceptors (Lipinski definition) is 2. The van der Waals surface area contributed by atoms with Crippen molar-refractivity contribution in [3.05, 3.63) is 29.8 Å². The molecule has 0 bridgehead atoms. The number of nitrogens with two attached hydrogens (primary N) is 1. The van der Waals surface area contributed by atoms with Crippen LogP contribution in [0.3, 0.4) is 0 Å². The highest BCUT2D eigenvalue weighted by molar-refractivity contribution is 5.90. The number of carbonyl (C=O) groups excluding carboxylic acids is 1. The van der Waals surface area contributed by atoms with Crippen LogP contribution in [0.2, 0.25) is 0 Å². The van der Waals surface area contributed by atoms with Gasteiger partial charge in [0.25, 0.3) is 0 Å². The molecule has 0 radical (unpaired) electrons. The summed E-state index contributed by atoms with van der Waals surface area (Å²) in [5.74, 6) is 0.446. The molecule has 1 aliphatic carbocycles. The summed E-state index contributed by atoms with van der Waals surface area (Å²) in [7, 11) is 0. The lowest BCUT2D eigenvalue weighted by atomic mass is 10.00. The van der Waals surface area contributed by atoms with Gasteiger partial charge in [-0.15, -0.1) is 0 Å². The van der Waals surface area contributed by atoms with E-state index in [1.807, 2.05) is 12.1 Å². The number of amides is 1. The molecule has 3 heteroatoms. The van der Waals surface area contributed by atoms with Crippen LogP contribution in [0, 0.1) is 5.92 Å². The van der Waals surface area contributed by atoms with Crippen LogP contribution in [-0.2, 0) is 11.2 Å². The lowest BCUT2D eigenvalue weighted by Crippen LogP contribution is -2.28. The van der Waals surface area contributed by atoms with Gasteiger partial charge in [0.1, 0.15) is 0 Å². The maximum Gasteiger partial charge on any atom is 0.224 e. The molecule has 3 N–H and O–H groups in total. The van der Waals surface area contributed by atoms with E-state index in [2.05, 4.69) is 24.4 Å². The first-order valence-corrected chi connectivity index (χ1v) is 6.83. The van der Waals surface area contributed by atoms with Crippen molar-refractivity contribution in [1.29, 1.82) is 0 Å². The van der Waals surface area contributed by atoms with Crippen molar-refractivity contribution >= 4 is 11.6 Å². The smallest absolute Gasteiger partial charge is 0.224 e. The van der Waals surface area contributed by atoms with Gasteiger partial charge in [-0.1, -0.05) is 25.5 Å². The molecule has 98 valence electrons. The van der Waals surface area contributed by atoms with Crippen molar-refractivity contribution in [2.75, 3.05) is 5.32 Å². The minimum absolute atomic E-state index is 0.0848. The number of benzene rings is 1. The molecule has 1 amide bonds. The number of hydrogen-bond donors (Lipinski definition) is 2. The van der Waals surface area contributed by atoms with Gasteiger partial charge in [-0.05, 0) is 42.9 Å². The highest BCUT2D eigenvalue weighted by Gasteiger charge is 2.25. The molecule has 1 aliphatic rings. The molecule has 1 aromatic carbocycles. The van der Waals surface area contributed by atoms with Crippen molar-refractivity contribution in [3.63, 3.8) is 0 Å². The van der Waals surface area contributed by atoms with Crippen molar-refractivity contribution in [2.24, 2.45) is 11.7 Å². The lowest BCUT2D eigenvalue weighted by molar-refractivity contribution is -0.117.